The molecule has 3 unspecified atom stereocenters. The molecule has 0 heterocycles. The standard InChI is InChI=1S/C45H93N2O6P/c1-6-8-10-12-14-16-18-20-21-22-23-24-25-26-27-29-31-33-35-37-39-45(49)46-43(42-53-54(50,51)52-41-40-47(3,4)5)44(48)38-36-34-32-30-28-19-17-15-13-11-9-7-2/h43-44,48H,6-42H2,1-5H3,(H-,46,49,50,51)/p+1. The fraction of sp³-hybridized carbons (Fsp3) is 0.978. The maximum absolute atomic E-state index is 12.9. The Morgan fingerprint density at radius 1 is 0.556 bits per heavy atom. The lowest BCUT2D eigenvalue weighted by Crippen LogP contribution is -2.46. The van der Waals surface area contributed by atoms with Gasteiger partial charge in [0.15, 0.2) is 0 Å². The molecule has 0 aliphatic heterocycles. The van der Waals surface area contributed by atoms with E-state index in [1.807, 2.05) is 21.1 Å². The predicted molar refractivity (Wildman–Crippen MR) is 231 cm³/mol. The summed E-state index contributed by atoms with van der Waals surface area (Å²) in [5.41, 5.74) is 0. The summed E-state index contributed by atoms with van der Waals surface area (Å²) in [5.74, 6) is -0.140. The smallest absolute Gasteiger partial charge is 0.391 e. The molecule has 0 aliphatic rings. The third kappa shape index (κ3) is 39.7. The maximum atomic E-state index is 12.9. The molecule has 0 aliphatic carbocycles. The second kappa shape index (κ2) is 38.0. The number of aliphatic hydroxyl groups is 1. The lowest BCUT2D eigenvalue weighted by molar-refractivity contribution is -0.870. The molecule has 0 aromatic carbocycles. The van der Waals surface area contributed by atoms with Gasteiger partial charge in [-0.05, 0) is 12.8 Å². The van der Waals surface area contributed by atoms with Crippen molar-refractivity contribution in [2.45, 2.75) is 244 Å². The van der Waals surface area contributed by atoms with Crippen molar-refractivity contribution in [1.29, 1.82) is 0 Å². The number of rotatable bonds is 43. The van der Waals surface area contributed by atoms with Gasteiger partial charge in [0.1, 0.15) is 13.2 Å². The van der Waals surface area contributed by atoms with Crippen LogP contribution in [0.1, 0.15) is 232 Å². The second-order valence-electron chi connectivity index (χ2n) is 17.5. The molecule has 324 valence electrons. The van der Waals surface area contributed by atoms with Crippen LogP contribution < -0.4 is 5.32 Å². The van der Waals surface area contributed by atoms with Crippen LogP contribution in [0.2, 0.25) is 0 Å². The normalized spacial score (nSPS) is 14.3. The molecule has 0 saturated heterocycles. The Balaban J connectivity index is 4.23. The van der Waals surface area contributed by atoms with E-state index in [0.29, 0.717) is 23.9 Å². The van der Waals surface area contributed by atoms with Crippen LogP contribution in [-0.2, 0) is 18.4 Å². The SMILES string of the molecule is CCCCCCCCCCCCCCCCCCCCCCC(=O)NC(COP(=O)(O)OCC[N+](C)(C)C)C(O)CCCCCCCCCCCCCC. The summed E-state index contributed by atoms with van der Waals surface area (Å²) in [7, 11) is 1.63. The number of nitrogens with zero attached hydrogens (tertiary/aromatic N) is 1. The number of hydrogen-bond donors (Lipinski definition) is 3. The molecule has 0 aromatic heterocycles. The minimum Gasteiger partial charge on any atom is -0.391 e. The molecule has 0 aromatic rings. The Morgan fingerprint density at radius 3 is 1.24 bits per heavy atom. The Hall–Kier alpha value is -0.500. The van der Waals surface area contributed by atoms with Crippen LogP contribution in [0.3, 0.4) is 0 Å². The van der Waals surface area contributed by atoms with E-state index in [9.17, 15) is 19.4 Å². The van der Waals surface area contributed by atoms with Crippen molar-refractivity contribution in [3.05, 3.63) is 0 Å². The summed E-state index contributed by atoms with van der Waals surface area (Å²) in [6.07, 6.45) is 41.3. The number of hydrogen-bond acceptors (Lipinski definition) is 5. The minimum absolute atomic E-state index is 0.0785. The van der Waals surface area contributed by atoms with Crippen LogP contribution in [0, 0.1) is 0 Å². The molecule has 0 bridgehead atoms. The lowest BCUT2D eigenvalue weighted by Gasteiger charge is -2.26. The molecule has 9 heteroatoms. The van der Waals surface area contributed by atoms with E-state index >= 15 is 0 Å². The van der Waals surface area contributed by atoms with E-state index in [1.54, 1.807) is 0 Å². The van der Waals surface area contributed by atoms with Gasteiger partial charge in [0.2, 0.25) is 5.91 Å². The van der Waals surface area contributed by atoms with Crippen molar-refractivity contribution in [3.63, 3.8) is 0 Å². The van der Waals surface area contributed by atoms with E-state index in [4.69, 9.17) is 9.05 Å². The van der Waals surface area contributed by atoms with Crippen molar-refractivity contribution in [3.8, 4) is 0 Å². The average molecular weight is 790 g/mol. The average Bonchev–Trinajstić information content (AvgIpc) is 3.12. The third-order valence-electron chi connectivity index (χ3n) is 10.9. The first-order valence-electron chi connectivity index (χ1n) is 23.4. The van der Waals surface area contributed by atoms with Crippen LogP contribution in [0.4, 0.5) is 0 Å². The highest BCUT2D eigenvalue weighted by Gasteiger charge is 2.28. The fourth-order valence-electron chi connectivity index (χ4n) is 7.11. The largest absolute Gasteiger partial charge is 0.472 e. The lowest BCUT2D eigenvalue weighted by atomic mass is 10.0. The number of likely N-dealkylation sites (N-methyl/N-ethyl adjacent to an activating group) is 1. The Kier molecular flexibility index (Phi) is 37.7. The van der Waals surface area contributed by atoms with Gasteiger partial charge < -0.3 is 19.8 Å². The molecule has 0 fully saturated rings. The Bertz CT molecular complexity index is 855. The third-order valence-corrected chi connectivity index (χ3v) is 11.8. The second-order valence-corrected chi connectivity index (χ2v) is 19.0. The number of aliphatic hydroxyl groups excluding tert-OH is 1. The molecular formula is C45H94N2O6P+. The van der Waals surface area contributed by atoms with Gasteiger partial charge in [0.25, 0.3) is 0 Å². The summed E-state index contributed by atoms with van der Waals surface area (Å²) in [6.45, 7) is 4.91. The van der Waals surface area contributed by atoms with E-state index in [2.05, 4.69) is 19.2 Å². The van der Waals surface area contributed by atoms with Gasteiger partial charge in [-0.2, -0.15) is 0 Å². The summed E-state index contributed by atoms with van der Waals surface area (Å²) in [4.78, 5) is 23.1. The Labute approximate surface area is 336 Å². The first-order chi connectivity index (χ1) is 26.0. The van der Waals surface area contributed by atoms with Gasteiger partial charge in [0.05, 0.1) is 39.9 Å². The zero-order valence-corrected chi connectivity index (χ0v) is 37.6. The first-order valence-corrected chi connectivity index (χ1v) is 24.9. The highest BCUT2D eigenvalue weighted by atomic mass is 31.2. The van der Waals surface area contributed by atoms with Crippen LogP contribution in [-0.4, -0.2) is 73.4 Å². The van der Waals surface area contributed by atoms with Crippen molar-refractivity contribution < 1.29 is 32.9 Å². The number of carbonyl (C=O) groups is 1. The molecule has 0 saturated carbocycles. The molecule has 1 amide bonds. The minimum atomic E-state index is -4.31. The number of phosphoric ester groups is 1. The molecule has 54 heavy (non-hydrogen) atoms. The number of amides is 1. The molecule has 0 radical (unpaired) electrons. The van der Waals surface area contributed by atoms with Crippen molar-refractivity contribution in [2.75, 3.05) is 40.9 Å². The van der Waals surface area contributed by atoms with Gasteiger partial charge in [-0.25, -0.2) is 4.57 Å². The van der Waals surface area contributed by atoms with Crippen molar-refractivity contribution in [1.82, 2.24) is 5.32 Å². The maximum Gasteiger partial charge on any atom is 0.472 e. The predicted octanol–water partition coefficient (Wildman–Crippen LogP) is 13.0. The monoisotopic (exact) mass is 790 g/mol. The topological polar surface area (TPSA) is 105 Å². The van der Waals surface area contributed by atoms with Gasteiger partial charge in [-0.3, -0.25) is 13.8 Å². The molecule has 3 atom stereocenters. The van der Waals surface area contributed by atoms with Gasteiger partial charge in [-0.15, -0.1) is 0 Å². The number of phosphoric acid groups is 1. The van der Waals surface area contributed by atoms with Crippen LogP contribution in [0.5, 0.6) is 0 Å². The van der Waals surface area contributed by atoms with E-state index in [-0.39, 0.29) is 19.1 Å². The number of unbranched alkanes of at least 4 members (excludes halogenated alkanes) is 30. The number of quaternary nitrogens is 1. The van der Waals surface area contributed by atoms with Gasteiger partial charge in [-0.1, -0.05) is 213 Å². The van der Waals surface area contributed by atoms with Crippen LogP contribution >= 0.6 is 7.82 Å². The van der Waals surface area contributed by atoms with Gasteiger partial charge in [0, 0.05) is 6.42 Å². The van der Waals surface area contributed by atoms with Crippen molar-refractivity contribution in [2.24, 2.45) is 0 Å². The molecule has 8 nitrogen and oxygen atoms in total. The van der Waals surface area contributed by atoms with Crippen LogP contribution in [0.25, 0.3) is 0 Å². The summed E-state index contributed by atoms with van der Waals surface area (Å²) in [5, 5.41) is 13.9. The Morgan fingerprint density at radius 2 is 0.889 bits per heavy atom. The van der Waals surface area contributed by atoms with Gasteiger partial charge >= 0.3 is 7.82 Å². The fourth-order valence-corrected chi connectivity index (χ4v) is 7.84. The zero-order valence-electron chi connectivity index (χ0n) is 36.7. The first kappa shape index (κ1) is 53.5. The van der Waals surface area contributed by atoms with E-state index in [0.717, 1.165) is 38.5 Å². The number of carbonyl (C=O) groups excluding carboxylic acids is 1. The summed E-state index contributed by atoms with van der Waals surface area (Å²) in [6, 6.07) is -0.752. The summed E-state index contributed by atoms with van der Waals surface area (Å²) < 4.78 is 23.6. The van der Waals surface area contributed by atoms with Crippen LogP contribution in [0.15, 0.2) is 0 Å². The number of nitrogens with one attached hydrogen (secondary N) is 1. The zero-order chi connectivity index (χ0) is 40.0. The molecular weight excluding hydrogens is 695 g/mol. The van der Waals surface area contributed by atoms with E-state index < -0.39 is 20.0 Å². The molecule has 0 spiro atoms. The summed E-state index contributed by atoms with van der Waals surface area (Å²) >= 11 is 0. The molecule has 0 rings (SSSR count). The quantitative estimate of drug-likeness (QED) is 0.0323. The van der Waals surface area contributed by atoms with E-state index in [1.165, 1.54) is 167 Å². The molecule has 3 N–H and O–H groups in total. The highest BCUT2D eigenvalue weighted by molar-refractivity contribution is 7.47. The van der Waals surface area contributed by atoms with Crippen molar-refractivity contribution >= 4 is 13.7 Å². The highest BCUT2D eigenvalue weighted by Crippen LogP contribution is 2.43.